The molecule has 0 fully saturated rings. The summed E-state index contributed by atoms with van der Waals surface area (Å²) in [4.78, 5) is 23.5. The van der Waals surface area contributed by atoms with Crippen LogP contribution in [0.3, 0.4) is 0 Å². The van der Waals surface area contributed by atoms with Crippen LogP contribution in [-0.2, 0) is 6.54 Å². The van der Waals surface area contributed by atoms with Crippen LogP contribution in [0.2, 0.25) is 0 Å². The number of aromatic nitrogens is 5. The van der Waals surface area contributed by atoms with E-state index in [-0.39, 0.29) is 12.1 Å². The molecule has 0 atom stereocenters. The second-order valence-electron chi connectivity index (χ2n) is 6.77. The number of rotatable bonds is 3. The van der Waals surface area contributed by atoms with Crippen LogP contribution < -0.4 is 5.56 Å². The molecule has 1 N–H and O–H groups in total. The summed E-state index contributed by atoms with van der Waals surface area (Å²) in [5, 5.41) is 0.439. The first-order valence-corrected chi connectivity index (χ1v) is 8.98. The number of nitrogens with one attached hydrogen (secondary N) is 1. The van der Waals surface area contributed by atoms with Crippen molar-refractivity contribution in [3.8, 4) is 5.95 Å². The number of hydrogen-bond acceptors (Lipinski definition) is 3. The van der Waals surface area contributed by atoms with Crippen LogP contribution in [0, 0.1) is 18.6 Å². The Morgan fingerprint density at radius 3 is 2.76 bits per heavy atom. The number of imidazole rings is 2. The second kappa shape index (κ2) is 6.37. The average molecular weight is 391 g/mol. The van der Waals surface area contributed by atoms with Crippen molar-refractivity contribution in [1.82, 2.24) is 24.1 Å². The number of benzene rings is 2. The van der Waals surface area contributed by atoms with Gasteiger partial charge in [0.15, 0.2) is 11.6 Å². The Hall–Kier alpha value is -3.81. The van der Waals surface area contributed by atoms with E-state index in [1.165, 1.54) is 12.1 Å². The molecule has 29 heavy (non-hydrogen) atoms. The molecule has 0 spiro atoms. The minimum Gasteiger partial charge on any atom is -0.319 e. The Morgan fingerprint density at radius 1 is 1.14 bits per heavy atom. The number of aromatic amines is 1. The van der Waals surface area contributed by atoms with E-state index in [1.54, 1.807) is 12.4 Å². The highest BCUT2D eigenvalue weighted by atomic mass is 19.2. The Bertz CT molecular complexity index is 1450. The lowest BCUT2D eigenvalue weighted by atomic mass is 10.1. The van der Waals surface area contributed by atoms with Gasteiger partial charge in [0, 0.05) is 23.8 Å². The summed E-state index contributed by atoms with van der Waals surface area (Å²) in [5.41, 5.74) is 1.55. The lowest BCUT2D eigenvalue weighted by Gasteiger charge is -2.13. The van der Waals surface area contributed by atoms with Crippen LogP contribution in [0.25, 0.3) is 27.9 Å². The van der Waals surface area contributed by atoms with E-state index in [0.29, 0.717) is 16.9 Å². The van der Waals surface area contributed by atoms with Crippen LogP contribution in [0.5, 0.6) is 0 Å². The van der Waals surface area contributed by atoms with Crippen molar-refractivity contribution >= 4 is 21.9 Å². The molecule has 0 amide bonds. The Balaban J connectivity index is 1.77. The summed E-state index contributed by atoms with van der Waals surface area (Å²) in [5.74, 6) is -0.696. The lowest BCUT2D eigenvalue weighted by molar-refractivity contribution is 0.515. The van der Waals surface area contributed by atoms with Crippen molar-refractivity contribution in [2.45, 2.75) is 13.5 Å². The molecule has 0 aliphatic rings. The van der Waals surface area contributed by atoms with Crippen LogP contribution in [0.4, 0.5) is 8.78 Å². The Labute approximate surface area is 163 Å². The number of para-hydroxylation sites is 2. The fourth-order valence-corrected chi connectivity index (χ4v) is 3.63. The minimum absolute atomic E-state index is 0.141. The van der Waals surface area contributed by atoms with Crippen molar-refractivity contribution in [1.29, 1.82) is 0 Å². The van der Waals surface area contributed by atoms with Crippen molar-refractivity contribution < 1.29 is 8.78 Å². The van der Waals surface area contributed by atoms with Crippen molar-refractivity contribution in [3.05, 3.63) is 88.2 Å². The van der Waals surface area contributed by atoms with E-state index in [2.05, 4.69) is 9.97 Å². The molecule has 3 heterocycles. The van der Waals surface area contributed by atoms with Gasteiger partial charge in [0.25, 0.3) is 0 Å². The molecule has 5 rings (SSSR count). The molecule has 5 aromatic rings. The lowest BCUT2D eigenvalue weighted by Crippen LogP contribution is -2.13. The summed E-state index contributed by atoms with van der Waals surface area (Å²) in [6, 6.07) is 11.5. The fourth-order valence-electron chi connectivity index (χ4n) is 3.63. The molecule has 0 unspecified atom stereocenters. The Morgan fingerprint density at radius 2 is 1.97 bits per heavy atom. The molecule has 0 saturated heterocycles. The fraction of sp³-hybridized carbons (Fsp3) is 0.0952. The van der Waals surface area contributed by atoms with Crippen molar-refractivity contribution in [3.63, 3.8) is 0 Å². The van der Waals surface area contributed by atoms with Gasteiger partial charge < -0.3 is 9.55 Å². The predicted octanol–water partition coefficient (Wildman–Crippen LogP) is 3.70. The van der Waals surface area contributed by atoms with Gasteiger partial charge in [0.1, 0.15) is 5.82 Å². The number of fused-ring (bicyclic) bond motifs is 2. The van der Waals surface area contributed by atoms with Crippen LogP contribution in [0.1, 0.15) is 11.4 Å². The van der Waals surface area contributed by atoms with Crippen molar-refractivity contribution in [2.24, 2.45) is 0 Å². The third-order valence-electron chi connectivity index (χ3n) is 5.00. The zero-order valence-electron chi connectivity index (χ0n) is 15.4. The third-order valence-corrected chi connectivity index (χ3v) is 5.00. The van der Waals surface area contributed by atoms with E-state index in [4.69, 9.17) is 4.98 Å². The maximum Gasteiger partial charge on any atom is 0.248 e. The highest BCUT2D eigenvalue weighted by Gasteiger charge is 2.17. The maximum atomic E-state index is 14.3. The molecule has 0 bridgehead atoms. The van der Waals surface area contributed by atoms with E-state index in [9.17, 15) is 13.6 Å². The molecular weight excluding hydrogens is 376 g/mol. The number of nitrogens with zero attached hydrogens (tertiary/aromatic N) is 4. The number of H-pyrrole nitrogens is 1. The van der Waals surface area contributed by atoms with E-state index >= 15 is 0 Å². The monoisotopic (exact) mass is 391 g/mol. The van der Waals surface area contributed by atoms with Gasteiger partial charge in [0.2, 0.25) is 11.5 Å². The number of halogens is 2. The van der Waals surface area contributed by atoms with E-state index in [1.807, 2.05) is 40.3 Å². The molecule has 6 nitrogen and oxygen atoms in total. The summed E-state index contributed by atoms with van der Waals surface area (Å²) >= 11 is 0. The quantitative estimate of drug-likeness (QED) is 0.510. The molecule has 8 heteroatoms. The zero-order valence-corrected chi connectivity index (χ0v) is 15.4. The molecule has 0 aliphatic heterocycles. The standard InChI is InChI=1S/C21H15F2N5O/c1-12-24-8-9-27(12)21-25-16-4-2-3-5-17(16)28(21)11-13-10-18(29)26-20-14(13)6-7-15(22)19(20)23/h2-10H,11H2,1H3,(H,26,29). The molecule has 0 saturated carbocycles. The second-order valence-corrected chi connectivity index (χ2v) is 6.77. The molecular formula is C21H15F2N5O. The average Bonchev–Trinajstić information content (AvgIpc) is 3.28. The number of aryl methyl sites for hydroxylation is 1. The van der Waals surface area contributed by atoms with Gasteiger partial charge in [-0.05, 0) is 36.8 Å². The van der Waals surface area contributed by atoms with Gasteiger partial charge >= 0.3 is 0 Å². The smallest absolute Gasteiger partial charge is 0.248 e. The summed E-state index contributed by atoms with van der Waals surface area (Å²) in [7, 11) is 0. The summed E-state index contributed by atoms with van der Waals surface area (Å²) in [6.45, 7) is 2.11. The molecule has 144 valence electrons. The zero-order chi connectivity index (χ0) is 20.1. The van der Waals surface area contributed by atoms with Crippen LogP contribution in [0.15, 0.2) is 59.7 Å². The van der Waals surface area contributed by atoms with Gasteiger partial charge in [-0.25, -0.2) is 18.7 Å². The van der Waals surface area contributed by atoms with Crippen molar-refractivity contribution in [2.75, 3.05) is 0 Å². The third kappa shape index (κ3) is 2.72. The summed E-state index contributed by atoms with van der Waals surface area (Å²) < 4.78 is 31.7. The van der Waals surface area contributed by atoms with Crippen LogP contribution >= 0.6 is 0 Å². The number of hydrogen-bond donors (Lipinski definition) is 1. The SMILES string of the molecule is Cc1nccn1-c1nc2ccccc2n1Cc1cc(=O)[nH]c2c(F)c(F)ccc12. The number of pyridine rings is 1. The minimum atomic E-state index is -1.07. The largest absolute Gasteiger partial charge is 0.319 e. The highest BCUT2D eigenvalue weighted by molar-refractivity contribution is 5.83. The van der Waals surface area contributed by atoms with E-state index < -0.39 is 17.2 Å². The highest BCUT2D eigenvalue weighted by Crippen LogP contribution is 2.25. The van der Waals surface area contributed by atoms with Gasteiger partial charge in [-0.2, -0.15) is 0 Å². The van der Waals surface area contributed by atoms with Gasteiger partial charge in [-0.15, -0.1) is 0 Å². The van der Waals surface area contributed by atoms with E-state index in [0.717, 1.165) is 22.9 Å². The molecule has 0 aliphatic carbocycles. The molecule has 2 aromatic carbocycles. The summed E-state index contributed by atoms with van der Waals surface area (Å²) in [6.07, 6.45) is 3.48. The Kier molecular flexibility index (Phi) is 3.80. The van der Waals surface area contributed by atoms with Gasteiger partial charge in [-0.1, -0.05) is 12.1 Å². The van der Waals surface area contributed by atoms with Crippen LogP contribution in [-0.4, -0.2) is 24.1 Å². The maximum absolute atomic E-state index is 14.3. The topological polar surface area (TPSA) is 68.5 Å². The van der Waals surface area contributed by atoms with Gasteiger partial charge in [0.05, 0.1) is 23.1 Å². The normalized spacial score (nSPS) is 11.6. The first kappa shape index (κ1) is 17.3. The first-order valence-electron chi connectivity index (χ1n) is 8.98. The van der Waals surface area contributed by atoms with Gasteiger partial charge in [-0.3, -0.25) is 9.36 Å². The molecule has 3 aromatic heterocycles. The molecule has 0 radical (unpaired) electrons. The first-order chi connectivity index (χ1) is 14.0. The predicted molar refractivity (Wildman–Crippen MR) is 105 cm³/mol.